The van der Waals surface area contributed by atoms with Gasteiger partial charge in [0.2, 0.25) is 5.91 Å². The van der Waals surface area contributed by atoms with E-state index in [9.17, 15) is 18.3 Å². The second kappa shape index (κ2) is 11.5. The van der Waals surface area contributed by atoms with Crippen LogP contribution < -0.4 is 15.4 Å². The summed E-state index contributed by atoms with van der Waals surface area (Å²) in [4.78, 5) is 14.4. The van der Waals surface area contributed by atoms with Gasteiger partial charge in [0, 0.05) is 24.1 Å². The van der Waals surface area contributed by atoms with Crippen molar-refractivity contribution in [1.82, 2.24) is 0 Å². The third-order valence-corrected chi connectivity index (χ3v) is 13.3. The van der Waals surface area contributed by atoms with E-state index in [1.54, 1.807) is 30.4 Å². The lowest BCUT2D eigenvalue weighted by Gasteiger charge is -2.52. The molecule has 1 heterocycles. The van der Waals surface area contributed by atoms with Crippen LogP contribution in [-0.4, -0.2) is 55.7 Å². The number of anilines is 1. The van der Waals surface area contributed by atoms with Crippen LogP contribution in [0.4, 0.5) is 5.69 Å². The molecule has 0 saturated heterocycles. The number of allylic oxidation sites excluding steroid dienone is 1. The number of sulfone groups is 1. The molecule has 226 valence electrons. The maximum atomic E-state index is 14.4. The monoisotopic (exact) mass is 592 g/mol. The number of carbonyl (C=O) groups is 1. The predicted molar refractivity (Wildman–Crippen MR) is 168 cm³/mol. The number of rotatable bonds is 10. The Kier molecular flexibility index (Phi) is 8.33. The van der Waals surface area contributed by atoms with Gasteiger partial charge >= 0.3 is 0 Å². The van der Waals surface area contributed by atoms with Crippen molar-refractivity contribution in [3.63, 3.8) is 0 Å². The molecule has 1 amide bonds. The normalized spacial score (nSPS) is 28.3. The van der Waals surface area contributed by atoms with Crippen molar-refractivity contribution in [3.05, 3.63) is 84.5 Å². The highest BCUT2D eigenvalue weighted by molar-refractivity contribution is 7.92. The fourth-order valence-electron chi connectivity index (χ4n) is 7.50. The van der Waals surface area contributed by atoms with Crippen LogP contribution in [0.3, 0.4) is 0 Å². The molecule has 3 aliphatic rings. The van der Waals surface area contributed by atoms with E-state index < -0.39 is 37.8 Å². The fraction of sp³-hybridized carbons (Fsp3) is 0.500. The molecule has 5 rings (SSSR count). The molecule has 2 aromatic rings. The molecule has 6 atom stereocenters. The first-order valence-electron chi connectivity index (χ1n) is 15.0. The van der Waals surface area contributed by atoms with Gasteiger partial charge in [-0.3, -0.25) is 4.79 Å². The number of fused-ring (bicyclic) bond motifs is 3. The molecule has 8 heteroatoms. The van der Waals surface area contributed by atoms with Gasteiger partial charge in [-0.25, -0.2) is 8.42 Å². The number of carbonyl (C=O) groups excluding carboxylic acids is 1. The van der Waals surface area contributed by atoms with Crippen molar-refractivity contribution in [2.24, 2.45) is 17.1 Å². The molecule has 1 saturated carbocycles. The van der Waals surface area contributed by atoms with Gasteiger partial charge in [-0.05, 0) is 80.7 Å². The van der Waals surface area contributed by atoms with Crippen LogP contribution >= 0.6 is 0 Å². The molecule has 2 aromatic carbocycles. The lowest BCUT2D eigenvalue weighted by molar-refractivity contribution is -0.0466. The number of hydrogen-bond donors (Lipinski definition) is 2. The highest BCUT2D eigenvalue weighted by Crippen LogP contribution is 2.52. The maximum Gasteiger partial charge on any atom is 0.248 e. The van der Waals surface area contributed by atoms with Crippen LogP contribution in [0.5, 0.6) is 5.75 Å². The summed E-state index contributed by atoms with van der Waals surface area (Å²) in [6.45, 7) is 12.7. The van der Waals surface area contributed by atoms with Gasteiger partial charge in [-0.1, -0.05) is 43.3 Å². The van der Waals surface area contributed by atoms with Gasteiger partial charge in [-0.15, -0.1) is 13.2 Å². The van der Waals surface area contributed by atoms with Gasteiger partial charge in [-0.2, -0.15) is 0 Å². The van der Waals surface area contributed by atoms with Gasteiger partial charge in [0.1, 0.15) is 12.4 Å². The van der Waals surface area contributed by atoms with E-state index >= 15 is 0 Å². The number of aliphatic hydroxyl groups excluding tert-OH is 1. The summed E-state index contributed by atoms with van der Waals surface area (Å²) in [5.41, 5.74) is 7.75. The molecule has 1 aliphatic heterocycles. The number of benzene rings is 2. The van der Waals surface area contributed by atoms with E-state index in [1.807, 2.05) is 19.1 Å². The quantitative estimate of drug-likeness (QED) is 0.377. The van der Waals surface area contributed by atoms with Crippen molar-refractivity contribution >= 4 is 21.4 Å². The molecule has 1 fully saturated rings. The van der Waals surface area contributed by atoms with Gasteiger partial charge in [0.25, 0.3) is 0 Å². The number of nitrogens with two attached hydrogens (primary N) is 1. The van der Waals surface area contributed by atoms with E-state index in [0.717, 1.165) is 29.7 Å². The SMILES string of the molecule is C=CCC[C@@H](C)S(=O)(=O)C1CCc2ccccc2C12COc1ccc(C(N)=O)cc1N(C[C@@H]1CC[C@@]1(C)[C@H](O)C=C)C2. The Morgan fingerprint density at radius 1 is 1.24 bits per heavy atom. The van der Waals surface area contributed by atoms with Crippen molar-refractivity contribution in [2.75, 3.05) is 24.6 Å². The highest BCUT2D eigenvalue weighted by atomic mass is 32.2. The van der Waals surface area contributed by atoms with Crippen LogP contribution in [-0.2, 0) is 21.7 Å². The smallest absolute Gasteiger partial charge is 0.248 e. The molecule has 2 unspecified atom stereocenters. The molecular weight excluding hydrogens is 548 g/mol. The molecular formula is C34H44N2O5S. The minimum Gasteiger partial charge on any atom is -0.490 e. The molecule has 42 heavy (non-hydrogen) atoms. The number of hydrogen-bond acceptors (Lipinski definition) is 6. The summed E-state index contributed by atoms with van der Waals surface area (Å²) >= 11 is 0. The Labute approximate surface area is 250 Å². The van der Waals surface area contributed by atoms with E-state index in [0.29, 0.717) is 50.1 Å². The summed E-state index contributed by atoms with van der Waals surface area (Å²) in [5.74, 6) is 0.194. The summed E-state index contributed by atoms with van der Waals surface area (Å²) in [6, 6.07) is 13.3. The number of aliphatic hydroxyl groups is 1. The van der Waals surface area contributed by atoms with Crippen LogP contribution in [0.2, 0.25) is 0 Å². The van der Waals surface area contributed by atoms with Crippen molar-refractivity contribution in [3.8, 4) is 5.75 Å². The highest BCUT2D eigenvalue weighted by Gasteiger charge is 2.55. The molecule has 0 bridgehead atoms. The van der Waals surface area contributed by atoms with Gasteiger partial charge < -0.3 is 20.5 Å². The average Bonchev–Trinajstić information content (AvgIpc) is 3.14. The number of aryl methyl sites for hydroxylation is 1. The van der Waals surface area contributed by atoms with Crippen LogP contribution in [0.1, 0.15) is 67.4 Å². The Hall–Kier alpha value is -3.10. The minimum absolute atomic E-state index is 0.131. The second-order valence-electron chi connectivity index (χ2n) is 12.7. The molecule has 3 N–H and O–H groups in total. The molecule has 0 radical (unpaired) electrons. The number of primary amides is 1. The molecule has 7 nitrogen and oxygen atoms in total. The Balaban J connectivity index is 1.65. The van der Waals surface area contributed by atoms with Gasteiger partial charge in [0.05, 0.1) is 27.7 Å². The first-order chi connectivity index (χ1) is 20.0. The molecule has 2 aliphatic carbocycles. The molecule has 1 spiro atoms. The van der Waals surface area contributed by atoms with Crippen LogP contribution in [0.15, 0.2) is 67.8 Å². The topological polar surface area (TPSA) is 110 Å². The second-order valence-corrected chi connectivity index (χ2v) is 15.3. The maximum absolute atomic E-state index is 14.4. The standard InChI is InChI=1S/C34H44N2O5S/c1-5-7-10-23(3)42(39,40)31-16-14-24-11-8-9-12-27(24)34(31)21-36(20-26-17-18-33(26,4)30(37)6-2)28-19-25(32(35)38)13-15-29(28)41-22-34/h5-6,8-9,11-13,15,19,23,26,30-31,37H,1-2,7,10,14,16-18,20-22H2,3-4H3,(H2,35,38)/t23-,26+,30-,31?,33-,34?/m1/s1. The van der Waals surface area contributed by atoms with Gasteiger partial charge in [0.15, 0.2) is 9.84 Å². The summed E-state index contributed by atoms with van der Waals surface area (Å²) < 4.78 is 35.4. The zero-order valence-electron chi connectivity index (χ0n) is 24.8. The Morgan fingerprint density at radius 3 is 2.67 bits per heavy atom. The zero-order chi connectivity index (χ0) is 30.3. The van der Waals surface area contributed by atoms with E-state index in [2.05, 4.69) is 37.1 Å². The summed E-state index contributed by atoms with van der Waals surface area (Å²) in [7, 11) is -3.58. The average molecular weight is 593 g/mol. The Bertz CT molecular complexity index is 1470. The summed E-state index contributed by atoms with van der Waals surface area (Å²) in [6.07, 6.45) is 6.86. The largest absolute Gasteiger partial charge is 0.490 e. The van der Waals surface area contributed by atoms with Crippen molar-refractivity contribution in [2.45, 2.75) is 74.4 Å². The Morgan fingerprint density at radius 2 is 2.00 bits per heavy atom. The molecule has 0 aromatic heterocycles. The zero-order valence-corrected chi connectivity index (χ0v) is 25.6. The lowest BCUT2D eigenvalue weighted by atomic mass is 9.58. The predicted octanol–water partition coefficient (Wildman–Crippen LogP) is 4.97. The number of nitrogens with zero attached hydrogens (tertiary/aromatic N) is 1. The van der Waals surface area contributed by atoms with Crippen LogP contribution in [0.25, 0.3) is 0 Å². The van der Waals surface area contributed by atoms with E-state index in [1.165, 1.54) is 0 Å². The first kappa shape index (κ1) is 30.4. The third kappa shape index (κ3) is 5.06. The fourth-order valence-corrected chi connectivity index (χ4v) is 9.87. The van der Waals surface area contributed by atoms with Crippen molar-refractivity contribution in [1.29, 1.82) is 0 Å². The van der Waals surface area contributed by atoms with Crippen molar-refractivity contribution < 1.29 is 23.1 Å². The third-order valence-electron chi connectivity index (χ3n) is 10.4. The van der Waals surface area contributed by atoms with Crippen LogP contribution in [0, 0.1) is 11.3 Å². The van der Waals surface area contributed by atoms with E-state index in [4.69, 9.17) is 10.5 Å². The minimum atomic E-state index is -3.58. The lowest BCUT2D eigenvalue weighted by Crippen LogP contribution is -2.59. The summed E-state index contributed by atoms with van der Waals surface area (Å²) in [5, 5.41) is 9.67. The number of amides is 1. The van der Waals surface area contributed by atoms with E-state index in [-0.39, 0.29) is 17.9 Å². The first-order valence-corrected chi connectivity index (χ1v) is 16.6. The number of ether oxygens (including phenoxy) is 1.